The molecule has 3 heterocycles. The molecule has 2 atom stereocenters. The van der Waals surface area contributed by atoms with Crippen molar-refractivity contribution >= 4 is 21.6 Å². The Hall–Kier alpha value is -2.57. The lowest BCUT2D eigenvalue weighted by atomic mass is 10.1. The summed E-state index contributed by atoms with van der Waals surface area (Å²) in [5.74, 6) is -2.02. The Morgan fingerprint density at radius 2 is 2.13 bits per heavy atom. The predicted molar refractivity (Wildman–Crippen MR) is 99.5 cm³/mol. The first-order valence-corrected chi connectivity index (χ1v) is 10.7. The number of benzene rings is 1. The van der Waals surface area contributed by atoms with Crippen molar-refractivity contribution in [3.8, 4) is 5.75 Å². The van der Waals surface area contributed by atoms with Crippen LogP contribution in [-0.2, 0) is 17.1 Å². The molecular weight excluding hydrogens is 425 g/mol. The Morgan fingerprint density at radius 1 is 1.37 bits per heavy atom. The van der Waals surface area contributed by atoms with Crippen molar-refractivity contribution in [2.75, 3.05) is 25.0 Å². The summed E-state index contributed by atoms with van der Waals surface area (Å²) in [6.07, 6.45) is -1.78. The van der Waals surface area contributed by atoms with E-state index in [4.69, 9.17) is 4.74 Å². The normalized spacial score (nSPS) is 22.6. The van der Waals surface area contributed by atoms with E-state index in [1.54, 1.807) is 0 Å². The van der Waals surface area contributed by atoms with Gasteiger partial charge in [-0.1, -0.05) is 0 Å². The van der Waals surface area contributed by atoms with Gasteiger partial charge in [-0.2, -0.15) is 0 Å². The van der Waals surface area contributed by atoms with Gasteiger partial charge in [-0.3, -0.25) is 4.79 Å². The molecule has 1 amide bonds. The van der Waals surface area contributed by atoms with Crippen molar-refractivity contribution in [3.63, 3.8) is 0 Å². The van der Waals surface area contributed by atoms with Crippen LogP contribution in [0.15, 0.2) is 29.3 Å². The fourth-order valence-electron chi connectivity index (χ4n) is 3.78. The minimum Gasteiger partial charge on any atom is -0.489 e. The summed E-state index contributed by atoms with van der Waals surface area (Å²) in [5.41, 5.74) is -0.982. The van der Waals surface area contributed by atoms with Crippen LogP contribution in [0.5, 0.6) is 5.75 Å². The Labute approximate surface area is 170 Å². The third-order valence-electron chi connectivity index (χ3n) is 5.30. The van der Waals surface area contributed by atoms with Crippen LogP contribution in [0, 0.1) is 11.7 Å². The van der Waals surface area contributed by atoms with Crippen molar-refractivity contribution in [1.82, 2.24) is 9.29 Å². The van der Waals surface area contributed by atoms with Crippen LogP contribution >= 0.6 is 0 Å². The molecule has 8 nitrogen and oxygen atoms in total. The number of nitrogens with two attached hydrogens (primary N) is 1. The number of halogens is 3. The van der Waals surface area contributed by atoms with Gasteiger partial charge >= 0.3 is 0 Å². The SMILES string of the molecule is Cn1cc2c(c1C(=O)Nc1ccc(F)c(C(F)F)c1)OC[C@@H]1C[NH2+]C[C@@H]1NS2(=O)=O. The molecule has 4 N–H and O–H groups in total. The van der Waals surface area contributed by atoms with Crippen molar-refractivity contribution in [3.05, 3.63) is 41.5 Å². The fourth-order valence-corrected chi connectivity index (χ4v) is 5.29. The molecule has 0 radical (unpaired) electrons. The van der Waals surface area contributed by atoms with Crippen LogP contribution < -0.4 is 20.1 Å². The quantitative estimate of drug-likeness (QED) is 0.643. The number of carbonyl (C=O) groups is 1. The van der Waals surface area contributed by atoms with Crippen LogP contribution in [0.1, 0.15) is 22.5 Å². The number of alkyl halides is 2. The van der Waals surface area contributed by atoms with Gasteiger partial charge in [-0.25, -0.2) is 26.3 Å². The lowest BCUT2D eigenvalue weighted by molar-refractivity contribution is -0.638. The van der Waals surface area contributed by atoms with E-state index in [0.29, 0.717) is 13.1 Å². The van der Waals surface area contributed by atoms with Crippen molar-refractivity contribution in [2.45, 2.75) is 17.4 Å². The number of amides is 1. The average molecular weight is 445 g/mol. The molecular formula is C18H20F3N4O4S+. The van der Waals surface area contributed by atoms with E-state index in [0.717, 1.165) is 18.2 Å². The molecule has 162 valence electrons. The molecule has 0 spiro atoms. The van der Waals surface area contributed by atoms with E-state index in [1.807, 2.05) is 5.32 Å². The van der Waals surface area contributed by atoms with E-state index in [1.165, 1.54) is 17.8 Å². The second-order valence-corrected chi connectivity index (χ2v) is 9.01. The summed E-state index contributed by atoms with van der Waals surface area (Å²) in [6.45, 7) is 1.50. The van der Waals surface area contributed by atoms with Gasteiger partial charge in [0.1, 0.15) is 10.7 Å². The Bertz CT molecular complexity index is 1100. The lowest BCUT2D eigenvalue weighted by Crippen LogP contribution is -2.82. The highest BCUT2D eigenvalue weighted by atomic mass is 32.2. The highest BCUT2D eigenvalue weighted by Gasteiger charge is 2.40. The molecule has 0 saturated carbocycles. The van der Waals surface area contributed by atoms with Gasteiger partial charge in [0.15, 0.2) is 11.4 Å². The zero-order chi connectivity index (χ0) is 21.6. The third-order valence-corrected chi connectivity index (χ3v) is 6.79. The molecule has 0 aliphatic carbocycles. The van der Waals surface area contributed by atoms with Crippen LogP contribution in [0.25, 0.3) is 0 Å². The van der Waals surface area contributed by atoms with E-state index in [9.17, 15) is 26.4 Å². The van der Waals surface area contributed by atoms with Gasteiger partial charge in [-0.05, 0) is 18.2 Å². The number of hydrogen-bond acceptors (Lipinski definition) is 4. The maximum absolute atomic E-state index is 13.5. The van der Waals surface area contributed by atoms with E-state index in [2.05, 4.69) is 10.0 Å². The molecule has 1 fully saturated rings. The molecule has 0 unspecified atom stereocenters. The highest BCUT2D eigenvalue weighted by Crippen LogP contribution is 2.33. The molecule has 0 bridgehead atoms. The maximum atomic E-state index is 13.5. The number of sulfonamides is 1. The van der Waals surface area contributed by atoms with Crippen molar-refractivity contribution in [2.24, 2.45) is 13.0 Å². The van der Waals surface area contributed by atoms with Gasteiger partial charge in [0.2, 0.25) is 10.0 Å². The van der Waals surface area contributed by atoms with Crippen LogP contribution in [0.2, 0.25) is 0 Å². The number of aromatic nitrogens is 1. The number of anilines is 1. The number of nitrogens with one attached hydrogen (secondary N) is 2. The summed E-state index contributed by atoms with van der Waals surface area (Å²) in [6, 6.07) is 2.54. The number of quaternary nitrogens is 1. The molecule has 1 saturated heterocycles. The fraction of sp³-hybridized carbons (Fsp3) is 0.389. The van der Waals surface area contributed by atoms with Crippen molar-refractivity contribution in [1.29, 1.82) is 0 Å². The van der Waals surface area contributed by atoms with Crippen LogP contribution in [0.4, 0.5) is 18.9 Å². The van der Waals surface area contributed by atoms with Crippen LogP contribution in [-0.4, -0.2) is 44.6 Å². The monoisotopic (exact) mass is 445 g/mol. The Balaban J connectivity index is 1.68. The number of carbonyl (C=O) groups excluding carboxylic acids is 1. The number of fused-ring (bicyclic) bond motifs is 2. The smallest absolute Gasteiger partial charge is 0.276 e. The predicted octanol–water partition coefficient (Wildman–Crippen LogP) is 0.587. The number of aryl methyl sites for hydroxylation is 1. The molecule has 12 heteroatoms. The van der Waals surface area contributed by atoms with E-state index >= 15 is 0 Å². The first-order valence-electron chi connectivity index (χ1n) is 9.22. The summed E-state index contributed by atoms with van der Waals surface area (Å²) >= 11 is 0. The van der Waals surface area contributed by atoms with Crippen LogP contribution in [0.3, 0.4) is 0 Å². The first kappa shape index (κ1) is 20.7. The molecule has 1 aromatic carbocycles. The number of rotatable bonds is 3. The molecule has 4 rings (SSSR count). The van der Waals surface area contributed by atoms with Gasteiger partial charge in [0, 0.05) is 18.9 Å². The Kier molecular flexibility index (Phi) is 5.24. The van der Waals surface area contributed by atoms with E-state index < -0.39 is 33.7 Å². The summed E-state index contributed by atoms with van der Waals surface area (Å²) < 4.78 is 74.7. The highest BCUT2D eigenvalue weighted by molar-refractivity contribution is 7.89. The average Bonchev–Trinajstić information content (AvgIpc) is 3.23. The standard InChI is InChI=1S/C18H19F3N4O4S/c1-25-7-14-16(29-8-9-5-22-6-13(9)24-30(14,27)28)15(25)18(26)23-10-2-3-12(19)11(4-10)17(20)21/h2-4,7,9,13,17,22,24H,5-6,8H2,1H3,(H,23,26)/p+1/t9-,13-/m0/s1. The number of ether oxygens (including phenoxy) is 1. The van der Waals surface area contributed by atoms with Gasteiger partial charge < -0.3 is 19.9 Å². The summed E-state index contributed by atoms with van der Waals surface area (Å²) in [5, 5.41) is 4.39. The molecule has 2 aliphatic heterocycles. The zero-order valence-corrected chi connectivity index (χ0v) is 16.7. The third kappa shape index (κ3) is 3.66. The second-order valence-electron chi connectivity index (χ2n) is 7.33. The zero-order valence-electron chi connectivity index (χ0n) is 15.9. The van der Waals surface area contributed by atoms with Crippen molar-refractivity contribution < 1.29 is 36.4 Å². The molecule has 2 aliphatic rings. The second kappa shape index (κ2) is 7.60. The summed E-state index contributed by atoms with van der Waals surface area (Å²) in [7, 11) is -2.46. The van der Waals surface area contributed by atoms with E-state index in [-0.39, 0.29) is 40.6 Å². The molecule has 2 aromatic rings. The first-order chi connectivity index (χ1) is 14.2. The lowest BCUT2D eigenvalue weighted by Gasteiger charge is -2.22. The topological polar surface area (TPSA) is 106 Å². The van der Waals surface area contributed by atoms with Gasteiger partial charge in [-0.15, -0.1) is 0 Å². The number of hydrogen-bond donors (Lipinski definition) is 3. The van der Waals surface area contributed by atoms with Gasteiger partial charge in [0.25, 0.3) is 12.3 Å². The Morgan fingerprint density at radius 3 is 2.87 bits per heavy atom. The van der Waals surface area contributed by atoms with Gasteiger partial charge in [0.05, 0.1) is 37.2 Å². The maximum Gasteiger partial charge on any atom is 0.276 e. The minimum atomic E-state index is -3.93. The largest absolute Gasteiger partial charge is 0.489 e. The molecule has 30 heavy (non-hydrogen) atoms. The summed E-state index contributed by atoms with van der Waals surface area (Å²) in [4.78, 5) is 12.7. The molecule has 1 aromatic heterocycles. The number of nitrogens with zero attached hydrogens (tertiary/aromatic N) is 1. The minimum absolute atomic E-state index is 0.0519.